The van der Waals surface area contributed by atoms with Gasteiger partial charge >= 0.3 is 0 Å². The Hall–Kier alpha value is -0.120. The van der Waals surface area contributed by atoms with Gasteiger partial charge in [0.25, 0.3) is 0 Å². The first-order valence-corrected chi connectivity index (χ1v) is 5.73. The van der Waals surface area contributed by atoms with E-state index in [2.05, 4.69) is 31.0 Å². The molecular weight excluding hydrogens is 176 g/mol. The molecule has 3 heteroatoms. The fraction of sp³-hybridized carbons (Fsp3) is 1.00. The van der Waals surface area contributed by atoms with E-state index >= 15 is 0 Å². The number of hydrogen-bond donors (Lipinski definition) is 2. The summed E-state index contributed by atoms with van der Waals surface area (Å²) in [7, 11) is 0. The van der Waals surface area contributed by atoms with Crippen molar-refractivity contribution in [1.82, 2.24) is 10.2 Å². The maximum atomic E-state index is 9.46. The van der Waals surface area contributed by atoms with Crippen molar-refractivity contribution in [2.75, 3.05) is 13.1 Å². The zero-order chi connectivity index (χ0) is 10.7. The number of nitrogens with zero attached hydrogens (tertiary/aromatic N) is 1. The van der Waals surface area contributed by atoms with Crippen molar-refractivity contribution >= 4 is 0 Å². The van der Waals surface area contributed by atoms with E-state index in [4.69, 9.17) is 0 Å². The number of rotatable bonds is 3. The Morgan fingerprint density at radius 2 is 2.14 bits per heavy atom. The lowest BCUT2D eigenvalue weighted by Crippen LogP contribution is -2.61. The molecule has 0 aliphatic carbocycles. The SMILES string of the molecule is CCC1CNC(C)C(C)N1CC(C)O. The normalized spacial score (nSPS) is 37.1. The van der Waals surface area contributed by atoms with Gasteiger partial charge in [-0.15, -0.1) is 0 Å². The number of piperazine rings is 1. The summed E-state index contributed by atoms with van der Waals surface area (Å²) in [5, 5.41) is 13.0. The zero-order valence-electron chi connectivity index (χ0n) is 9.83. The molecule has 0 radical (unpaired) electrons. The van der Waals surface area contributed by atoms with Crippen LogP contribution >= 0.6 is 0 Å². The molecule has 2 N–H and O–H groups in total. The Bertz CT molecular complexity index is 171. The second-order valence-corrected chi connectivity index (χ2v) is 4.55. The summed E-state index contributed by atoms with van der Waals surface area (Å²) < 4.78 is 0. The van der Waals surface area contributed by atoms with Crippen LogP contribution in [0, 0.1) is 0 Å². The summed E-state index contributed by atoms with van der Waals surface area (Å²) in [5.41, 5.74) is 0. The van der Waals surface area contributed by atoms with Gasteiger partial charge in [0.15, 0.2) is 0 Å². The molecule has 0 aromatic carbocycles. The molecule has 1 aliphatic rings. The summed E-state index contributed by atoms with van der Waals surface area (Å²) >= 11 is 0. The molecule has 3 nitrogen and oxygen atoms in total. The van der Waals surface area contributed by atoms with Gasteiger partial charge in [-0.25, -0.2) is 0 Å². The monoisotopic (exact) mass is 200 g/mol. The van der Waals surface area contributed by atoms with E-state index in [0.717, 1.165) is 19.5 Å². The molecule has 1 aliphatic heterocycles. The van der Waals surface area contributed by atoms with Crippen LogP contribution < -0.4 is 5.32 Å². The average molecular weight is 200 g/mol. The summed E-state index contributed by atoms with van der Waals surface area (Å²) in [6, 6.07) is 1.62. The van der Waals surface area contributed by atoms with Gasteiger partial charge in [0.1, 0.15) is 0 Å². The molecule has 14 heavy (non-hydrogen) atoms. The van der Waals surface area contributed by atoms with Crippen LogP contribution in [0.15, 0.2) is 0 Å². The summed E-state index contributed by atoms with van der Waals surface area (Å²) in [6.07, 6.45) is 0.924. The molecule has 0 saturated carbocycles. The first kappa shape index (κ1) is 12.0. The fourth-order valence-electron chi connectivity index (χ4n) is 2.23. The third kappa shape index (κ3) is 2.69. The van der Waals surface area contributed by atoms with Crippen molar-refractivity contribution in [1.29, 1.82) is 0 Å². The number of β-amino-alcohol motifs (C(OH)–C–C–N with tert-alkyl or cyclic N) is 1. The highest BCUT2D eigenvalue weighted by Gasteiger charge is 2.31. The molecule has 0 amide bonds. The van der Waals surface area contributed by atoms with Crippen LogP contribution in [0.2, 0.25) is 0 Å². The zero-order valence-corrected chi connectivity index (χ0v) is 9.83. The Labute approximate surface area is 87.5 Å². The molecule has 4 unspecified atom stereocenters. The van der Waals surface area contributed by atoms with Gasteiger partial charge in [0.05, 0.1) is 6.10 Å². The standard InChI is InChI=1S/C11H24N2O/c1-5-11-6-12-9(3)10(4)13(11)7-8(2)14/h8-12,14H,5-7H2,1-4H3. The van der Waals surface area contributed by atoms with Gasteiger partial charge in [0.2, 0.25) is 0 Å². The largest absolute Gasteiger partial charge is 0.392 e. The molecule has 0 aromatic heterocycles. The van der Waals surface area contributed by atoms with Crippen LogP contribution in [0.25, 0.3) is 0 Å². The van der Waals surface area contributed by atoms with Crippen molar-refractivity contribution in [3.63, 3.8) is 0 Å². The molecule has 0 spiro atoms. The molecule has 84 valence electrons. The van der Waals surface area contributed by atoms with E-state index in [0.29, 0.717) is 18.1 Å². The van der Waals surface area contributed by atoms with Crippen molar-refractivity contribution in [2.24, 2.45) is 0 Å². The summed E-state index contributed by atoms with van der Waals surface area (Å²) in [6.45, 7) is 10.4. The first-order valence-electron chi connectivity index (χ1n) is 5.73. The number of aliphatic hydroxyl groups is 1. The van der Waals surface area contributed by atoms with E-state index in [1.807, 2.05) is 6.92 Å². The highest BCUT2D eigenvalue weighted by atomic mass is 16.3. The van der Waals surface area contributed by atoms with Crippen molar-refractivity contribution in [3.8, 4) is 0 Å². The van der Waals surface area contributed by atoms with Gasteiger partial charge in [0, 0.05) is 31.2 Å². The van der Waals surface area contributed by atoms with E-state index in [9.17, 15) is 5.11 Å². The van der Waals surface area contributed by atoms with Crippen molar-refractivity contribution in [2.45, 2.75) is 58.3 Å². The molecule has 4 atom stereocenters. The van der Waals surface area contributed by atoms with E-state index in [1.165, 1.54) is 0 Å². The van der Waals surface area contributed by atoms with E-state index in [1.54, 1.807) is 0 Å². The first-order chi connectivity index (χ1) is 6.56. The lowest BCUT2D eigenvalue weighted by atomic mass is 10.00. The molecule has 0 aromatic rings. The topological polar surface area (TPSA) is 35.5 Å². The molecule has 1 saturated heterocycles. The Morgan fingerprint density at radius 3 is 2.64 bits per heavy atom. The summed E-state index contributed by atoms with van der Waals surface area (Å²) in [4.78, 5) is 2.44. The Morgan fingerprint density at radius 1 is 1.50 bits per heavy atom. The maximum Gasteiger partial charge on any atom is 0.0639 e. The Balaban J connectivity index is 2.61. The third-order valence-electron chi connectivity index (χ3n) is 3.34. The number of nitrogens with one attached hydrogen (secondary N) is 1. The van der Waals surface area contributed by atoms with Crippen LogP contribution in [0.3, 0.4) is 0 Å². The van der Waals surface area contributed by atoms with E-state index < -0.39 is 0 Å². The van der Waals surface area contributed by atoms with Gasteiger partial charge in [-0.2, -0.15) is 0 Å². The predicted molar refractivity (Wildman–Crippen MR) is 59.4 cm³/mol. The quantitative estimate of drug-likeness (QED) is 0.708. The number of hydrogen-bond acceptors (Lipinski definition) is 3. The summed E-state index contributed by atoms with van der Waals surface area (Å²) in [5.74, 6) is 0. The van der Waals surface area contributed by atoms with Crippen LogP contribution in [0.5, 0.6) is 0 Å². The highest BCUT2D eigenvalue weighted by Crippen LogP contribution is 2.17. The average Bonchev–Trinajstić information content (AvgIpc) is 2.13. The van der Waals surface area contributed by atoms with Gasteiger partial charge in [-0.05, 0) is 27.2 Å². The second kappa shape index (κ2) is 5.10. The van der Waals surface area contributed by atoms with Gasteiger partial charge in [-0.3, -0.25) is 4.90 Å². The smallest absolute Gasteiger partial charge is 0.0639 e. The molecule has 1 heterocycles. The Kier molecular flexibility index (Phi) is 4.35. The van der Waals surface area contributed by atoms with Crippen molar-refractivity contribution < 1.29 is 5.11 Å². The minimum absolute atomic E-state index is 0.225. The maximum absolute atomic E-state index is 9.46. The third-order valence-corrected chi connectivity index (χ3v) is 3.34. The van der Waals surface area contributed by atoms with Crippen LogP contribution in [0.1, 0.15) is 34.1 Å². The lowest BCUT2D eigenvalue weighted by Gasteiger charge is -2.45. The molecule has 1 fully saturated rings. The molecule has 1 rings (SSSR count). The van der Waals surface area contributed by atoms with Crippen molar-refractivity contribution in [3.05, 3.63) is 0 Å². The van der Waals surface area contributed by atoms with E-state index in [-0.39, 0.29) is 6.10 Å². The highest BCUT2D eigenvalue weighted by molar-refractivity contribution is 4.90. The van der Waals surface area contributed by atoms with Crippen LogP contribution in [-0.2, 0) is 0 Å². The molecule has 0 bridgehead atoms. The minimum Gasteiger partial charge on any atom is -0.392 e. The predicted octanol–water partition coefficient (Wildman–Crippen LogP) is 0.828. The van der Waals surface area contributed by atoms with Crippen LogP contribution in [-0.4, -0.2) is 47.3 Å². The lowest BCUT2D eigenvalue weighted by molar-refractivity contribution is 0.0318. The molecular formula is C11H24N2O. The van der Waals surface area contributed by atoms with Crippen LogP contribution in [0.4, 0.5) is 0 Å². The van der Waals surface area contributed by atoms with Gasteiger partial charge < -0.3 is 10.4 Å². The second-order valence-electron chi connectivity index (χ2n) is 4.55. The number of aliphatic hydroxyl groups excluding tert-OH is 1. The fourth-order valence-corrected chi connectivity index (χ4v) is 2.23. The van der Waals surface area contributed by atoms with Gasteiger partial charge in [-0.1, -0.05) is 6.92 Å². The minimum atomic E-state index is -0.225.